The van der Waals surface area contributed by atoms with Crippen molar-refractivity contribution in [2.45, 2.75) is 19.9 Å². The summed E-state index contributed by atoms with van der Waals surface area (Å²) in [6.45, 7) is 3.13. The maximum absolute atomic E-state index is 12.0. The number of carbonyl (C=O) groups is 2. The molecule has 0 saturated carbocycles. The number of carbonyl (C=O) groups excluding carboxylic acids is 1. The fourth-order valence-corrected chi connectivity index (χ4v) is 1.47. The van der Waals surface area contributed by atoms with Gasteiger partial charge in [0.2, 0.25) is 0 Å². The topological polar surface area (TPSA) is 70.5 Å². The van der Waals surface area contributed by atoms with E-state index in [9.17, 15) is 9.59 Å². The lowest BCUT2D eigenvalue weighted by molar-refractivity contribution is -0.138. The molecule has 0 atom stereocenters. The van der Waals surface area contributed by atoms with Gasteiger partial charge in [0.25, 0.3) is 5.91 Å². The van der Waals surface area contributed by atoms with Crippen LogP contribution in [-0.4, -0.2) is 39.5 Å². The van der Waals surface area contributed by atoms with Crippen molar-refractivity contribution in [2.24, 2.45) is 0 Å². The molecule has 0 aromatic carbocycles. The third kappa shape index (κ3) is 3.71. The Balaban J connectivity index is 2.95. The van der Waals surface area contributed by atoms with Gasteiger partial charge in [0.15, 0.2) is 0 Å². The van der Waals surface area contributed by atoms with Crippen LogP contribution in [0.3, 0.4) is 0 Å². The van der Waals surface area contributed by atoms with Crippen LogP contribution in [-0.2, 0) is 4.79 Å². The van der Waals surface area contributed by atoms with E-state index < -0.39 is 11.9 Å². The summed E-state index contributed by atoms with van der Waals surface area (Å²) in [6.07, 6.45) is 0. The Hall–Kier alpha value is -1.62. The van der Waals surface area contributed by atoms with Crippen LogP contribution in [0.4, 0.5) is 0 Å². The Bertz CT molecular complexity index is 434. The molecule has 0 bridgehead atoms. The molecule has 1 heterocycles. The molecule has 0 aliphatic rings. The molecule has 5 nitrogen and oxygen atoms in total. The first-order chi connectivity index (χ1) is 7.91. The van der Waals surface area contributed by atoms with Gasteiger partial charge in [0.1, 0.15) is 17.4 Å². The molecule has 1 rings (SSSR count). The number of halogens is 1. The number of hydrogen-bond donors (Lipinski definition) is 1. The van der Waals surface area contributed by atoms with Crippen molar-refractivity contribution >= 4 is 23.5 Å². The normalized spacial score (nSPS) is 10.4. The highest BCUT2D eigenvalue weighted by Gasteiger charge is 2.22. The summed E-state index contributed by atoms with van der Waals surface area (Å²) in [5.74, 6) is -1.50. The second-order valence-corrected chi connectivity index (χ2v) is 4.15. The number of rotatable bonds is 4. The van der Waals surface area contributed by atoms with Gasteiger partial charge in [0, 0.05) is 6.04 Å². The molecule has 0 fully saturated rings. The Kier molecular flexibility index (Phi) is 4.45. The van der Waals surface area contributed by atoms with Crippen LogP contribution < -0.4 is 0 Å². The van der Waals surface area contributed by atoms with Gasteiger partial charge in [-0.3, -0.25) is 9.59 Å². The van der Waals surface area contributed by atoms with E-state index >= 15 is 0 Å². The molecular formula is C11H13ClN2O3. The minimum absolute atomic E-state index is 0.146. The number of aromatic nitrogens is 1. The van der Waals surface area contributed by atoms with Crippen molar-refractivity contribution in [3.63, 3.8) is 0 Å². The SMILES string of the molecule is CC(C)N(CC(=O)O)C(=O)c1cccc(Cl)n1. The summed E-state index contributed by atoms with van der Waals surface area (Å²) in [4.78, 5) is 27.8. The lowest BCUT2D eigenvalue weighted by atomic mass is 10.2. The lowest BCUT2D eigenvalue weighted by Crippen LogP contribution is -2.41. The van der Waals surface area contributed by atoms with Gasteiger partial charge in [-0.15, -0.1) is 0 Å². The highest BCUT2D eigenvalue weighted by Crippen LogP contribution is 2.10. The monoisotopic (exact) mass is 256 g/mol. The van der Waals surface area contributed by atoms with E-state index in [4.69, 9.17) is 16.7 Å². The Morgan fingerprint density at radius 1 is 1.47 bits per heavy atom. The highest BCUT2D eigenvalue weighted by molar-refractivity contribution is 6.29. The average Bonchev–Trinajstić information content (AvgIpc) is 2.24. The zero-order valence-corrected chi connectivity index (χ0v) is 10.3. The van der Waals surface area contributed by atoms with Crippen molar-refractivity contribution in [1.82, 2.24) is 9.88 Å². The Morgan fingerprint density at radius 2 is 2.12 bits per heavy atom. The molecule has 92 valence electrons. The van der Waals surface area contributed by atoms with E-state index in [1.54, 1.807) is 26.0 Å². The molecular weight excluding hydrogens is 244 g/mol. The summed E-state index contributed by atoms with van der Waals surface area (Å²) in [6, 6.07) is 4.43. The zero-order chi connectivity index (χ0) is 13.0. The summed E-state index contributed by atoms with van der Waals surface area (Å²) in [5, 5.41) is 8.95. The van der Waals surface area contributed by atoms with Gasteiger partial charge >= 0.3 is 5.97 Å². The maximum Gasteiger partial charge on any atom is 0.323 e. The van der Waals surface area contributed by atoms with Crippen LogP contribution in [0, 0.1) is 0 Å². The van der Waals surface area contributed by atoms with Gasteiger partial charge in [-0.05, 0) is 26.0 Å². The van der Waals surface area contributed by atoms with E-state index in [1.807, 2.05) is 0 Å². The maximum atomic E-state index is 12.0. The van der Waals surface area contributed by atoms with Crippen LogP contribution in [0.25, 0.3) is 0 Å². The predicted molar refractivity (Wildman–Crippen MR) is 63.1 cm³/mol. The molecule has 0 radical (unpaired) electrons. The number of carboxylic acid groups (broad SMARTS) is 1. The molecule has 0 spiro atoms. The van der Waals surface area contributed by atoms with Crippen molar-refractivity contribution in [3.8, 4) is 0 Å². The van der Waals surface area contributed by atoms with Crippen LogP contribution >= 0.6 is 11.6 Å². The molecule has 6 heteroatoms. The standard InChI is InChI=1S/C11H13ClN2O3/c1-7(2)14(6-10(15)16)11(17)8-4-3-5-9(12)13-8/h3-5,7H,6H2,1-2H3,(H,15,16). The van der Waals surface area contributed by atoms with E-state index in [-0.39, 0.29) is 23.4 Å². The van der Waals surface area contributed by atoms with Crippen molar-refractivity contribution in [1.29, 1.82) is 0 Å². The highest BCUT2D eigenvalue weighted by atomic mass is 35.5. The smallest absolute Gasteiger partial charge is 0.323 e. The second-order valence-electron chi connectivity index (χ2n) is 3.77. The van der Waals surface area contributed by atoms with Gasteiger partial charge in [-0.25, -0.2) is 4.98 Å². The molecule has 1 N–H and O–H groups in total. The molecule has 17 heavy (non-hydrogen) atoms. The number of nitrogens with zero attached hydrogens (tertiary/aromatic N) is 2. The average molecular weight is 257 g/mol. The molecule has 0 aliphatic carbocycles. The van der Waals surface area contributed by atoms with Crippen LogP contribution in [0.1, 0.15) is 24.3 Å². The summed E-state index contributed by atoms with van der Waals surface area (Å²) in [7, 11) is 0. The summed E-state index contributed by atoms with van der Waals surface area (Å²) in [5.41, 5.74) is 0.146. The minimum Gasteiger partial charge on any atom is -0.480 e. The van der Waals surface area contributed by atoms with Crippen LogP contribution in [0.2, 0.25) is 5.15 Å². The van der Waals surface area contributed by atoms with E-state index in [2.05, 4.69) is 4.98 Å². The van der Waals surface area contributed by atoms with Crippen molar-refractivity contribution in [3.05, 3.63) is 29.0 Å². The summed E-state index contributed by atoms with van der Waals surface area (Å²) >= 11 is 5.68. The van der Waals surface area contributed by atoms with E-state index in [0.717, 1.165) is 0 Å². The number of aliphatic carboxylic acids is 1. The first kappa shape index (κ1) is 13.4. The largest absolute Gasteiger partial charge is 0.480 e. The third-order valence-corrected chi connectivity index (χ3v) is 2.33. The molecule has 1 aromatic rings. The fourth-order valence-electron chi connectivity index (χ4n) is 1.31. The lowest BCUT2D eigenvalue weighted by Gasteiger charge is -2.24. The molecule has 1 amide bonds. The summed E-state index contributed by atoms with van der Waals surface area (Å²) < 4.78 is 0. The second kappa shape index (κ2) is 5.63. The first-order valence-electron chi connectivity index (χ1n) is 5.07. The van der Waals surface area contributed by atoms with Crippen molar-refractivity contribution in [2.75, 3.05) is 6.54 Å². The first-order valence-corrected chi connectivity index (χ1v) is 5.45. The Labute approximate surface area is 104 Å². The van der Waals surface area contributed by atoms with E-state index in [0.29, 0.717) is 0 Å². The molecule has 0 unspecified atom stereocenters. The quantitative estimate of drug-likeness (QED) is 0.832. The van der Waals surface area contributed by atoms with Crippen LogP contribution in [0.15, 0.2) is 18.2 Å². The van der Waals surface area contributed by atoms with Gasteiger partial charge in [0.05, 0.1) is 0 Å². The van der Waals surface area contributed by atoms with Crippen LogP contribution in [0.5, 0.6) is 0 Å². The number of amides is 1. The van der Waals surface area contributed by atoms with E-state index in [1.165, 1.54) is 11.0 Å². The molecule has 1 aromatic heterocycles. The van der Waals surface area contributed by atoms with Gasteiger partial charge < -0.3 is 10.0 Å². The van der Waals surface area contributed by atoms with Crippen molar-refractivity contribution < 1.29 is 14.7 Å². The molecule has 0 aliphatic heterocycles. The Morgan fingerprint density at radius 3 is 2.59 bits per heavy atom. The molecule has 0 saturated heterocycles. The number of carboxylic acids is 1. The third-order valence-electron chi connectivity index (χ3n) is 2.12. The van der Waals surface area contributed by atoms with Gasteiger partial charge in [-0.1, -0.05) is 17.7 Å². The predicted octanol–water partition coefficient (Wildman–Crippen LogP) is 1.67. The minimum atomic E-state index is -1.06. The number of pyridine rings is 1. The zero-order valence-electron chi connectivity index (χ0n) is 9.55. The fraction of sp³-hybridized carbons (Fsp3) is 0.364. The van der Waals surface area contributed by atoms with Gasteiger partial charge in [-0.2, -0.15) is 0 Å². The number of hydrogen-bond acceptors (Lipinski definition) is 3.